The largest absolute Gasteiger partial charge is 0.461 e. The molecule has 0 saturated carbocycles. The topological polar surface area (TPSA) is 175 Å². The number of rotatable bonds is 9. The van der Waals surface area contributed by atoms with Crippen LogP contribution in [0.3, 0.4) is 0 Å². The molecule has 0 aromatic heterocycles. The Bertz CT molecular complexity index is 1590. The third kappa shape index (κ3) is 10.4. The van der Waals surface area contributed by atoms with Gasteiger partial charge in [0.1, 0.15) is 54.5 Å². The summed E-state index contributed by atoms with van der Waals surface area (Å²) in [7, 11) is 1.42. The summed E-state index contributed by atoms with van der Waals surface area (Å²) < 4.78 is 33.9. The number of nitrogens with zero attached hydrogens (tertiary/aromatic N) is 3. The maximum Gasteiger partial charge on any atom is 0.328 e. The van der Waals surface area contributed by atoms with Gasteiger partial charge in [-0.05, 0) is 69.2 Å². The number of amides is 6. The van der Waals surface area contributed by atoms with E-state index in [2.05, 4.69) is 16.0 Å². The summed E-state index contributed by atoms with van der Waals surface area (Å²) in [4.78, 5) is 98.8. The number of ether oxygens (including phenoxy) is 1. The molecule has 3 fully saturated rings. The van der Waals surface area contributed by atoms with Gasteiger partial charge in [-0.1, -0.05) is 32.8 Å². The Morgan fingerprint density at radius 1 is 1.00 bits per heavy atom. The van der Waals surface area contributed by atoms with Gasteiger partial charge in [0.15, 0.2) is 0 Å². The number of halogens is 2. The molecule has 6 amide bonds. The zero-order chi connectivity index (χ0) is 39.0. The molecule has 3 heterocycles. The fourth-order valence-corrected chi connectivity index (χ4v) is 6.86. The third-order valence-electron chi connectivity index (χ3n) is 9.92. The van der Waals surface area contributed by atoms with E-state index in [9.17, 15) is 42.3 Å². The van der Waals surface area contributed by atoms with Gasteiger partial charge in [0.05, 0.1) is 0 Å². The first-order valence-electron chi connectivity index (χ1n) is 18.2. The smallest absolute Gasteiger partial charge is 0.328 e. The number of allylic oxidation sites excluding steroid dienone is 1. The molecule has 3 aliphatic rings. The van der Waals surface area contributed by atoms with Gasteiger partial charge < -0.3 is 35.4 Å². The van der Waals surface area contributed by atoms with Crippen LogP contribution in [0.4, 0.5) is 8.78 Å². The molecule has 3 saturated heterocycles. The minimum absolute atomic E-state index is 0.0504. The van der Waals surface area contributed by atoms with Gasteiger partial charge in [-0.15, -0.1) is 0 Å². The molecule has 0 aliphatic carbocycles. The molecular weight excluding hydrogens is 694 g/mol. The van der Waals surface area contributed by atoms with Crippen LogP contribution in [-0.4, -0.2) is 119 Å². The van der Waals surface area contributed by atoms with Crippen molar-refractivity contribution in [3.8, 4) is 0 Å². The Kier molecular flexibility index (Phi) is 14.1. The van der Waals surface area contributed by atoms with Crippen molar-refractivity contribution >= 4 is 41.4 Å². The van der Waals surface area contributed by atoms with E-state index >= 15 is 0 Å². The molecule has 0 bridgehead atoms. The summed E-state index contributed by atoms with van der Waals surface area (Å²) in [5.74, 6) is -6.74. The van der Waals surface area contributed by atoms with Crippen LogP contribution in [0, 0.1) is 17.6 Å². The molecule has 14 nitrogen and oxygen atoms in total. The van der Waals surface area contributed by atoms with Crippen LogP contribution < -0.4 is 16.0 Å². The minimum Gasteiger partial charge on any atom is -0.461 e. The number of fused-ring (bicyclic) bond motifs is 2. The molecule has 290 valence electrons. The van der Waals surface area contributed by atoms with Gasteiger partial charge in [0.2, 0.25) is 35.4 Å². The van der Waals surface area contributed by atoms with Crippen LogP contribution in [0.1, 0.15) is 71.8 Å². The Morgan fingerprint density at radius 2 is 1.70 bits per heavy atom. The van der Waals surface area contributed by atoms with Crippen LogP contribution in [0.5, 0.6) is 0 Å². The number of carbonyl (C=O) groups is 7. The first-order chi connectivity index (χ1) is 25.1. The monoisotopic (exact) mass is 744 g/mol. The molecule has 53 heavy (non-hydrogen) atoms. The lowest BCUT2D eigenvalue weighted by molar-refractivity contribution is -0.158. The molecule has 0 radical (unpaired) electrons. The number of hydrogen-bond donors (Lipinski definition) is 3. The van der Waals surface area contributed by atoms with Gasteiger partial charge in [0, 0.05) is 32.6 Å². The fraction of sp³-hybridized carbons (Fsp3) is 0.595. The van der Waals surface area contributed by atoms with E-state index in [1.807, 2.05) is 13.8 Å². The molecule has 0 spiro atoms. The van der Waals surface area contributed by atoms with Crippen LogP contribution in [0.2, 0.25) is 0 Å². The van der Waals surface area contributed by atoms with Crippen molar-refractivity contribution in [2.24, 2.45) is 5.92 Å². The number of unbranched alkanes of at least 4 members (excludes halogenated alkanes) is 2. The molecule has 3 N–H and O–H groups in total. The number of likely N-dealkylation sites (N-methyl/N-ethyl adjacent to an activating group) is 1. The SMILES string of the molecule is CCCC/C=C/C(=O)N[C@@H](Cc1cc(F)cc(F)c1)C(=O)N[C@H]1COC(=O)[C@@H]2C[C@@H](C)CN2C(=O)[C@H](C)NC(=O)[C@H](C)N(C)C(=O)[C@@H]2CCCN2C1=O. The van der Waals surface area contributed by atoms with Crippen molar-refractivity contribution in [2.75, 3.05) is 26.7 Å². The summed E-state index contributed by atoms with van der Waals surface area (Å²) in [6, 6.07) is -4.41. The van der Waals surface area contributed by atoms with E-state index in [1.165, 1.54) is 41.7 Å². The lowest BCUT2D eigenvalue weighted by Crippen LogP contribution is -2.60. The molecule has 4 rings (SSSR count). The fourth-order valence-electron chi connectivity index (χ4n) is 6.86. The van der Waals surface area contributed by atoms with E-state index in [1.54, 1.807) is 6.08 Å². The quantitative estimate of drug-likeness (QED) is 0.193. The summed E-state index contributed by atoms with van der Waals surface area (Å²) in [5, 5.41) is 7.74. The molecule has 3 aliphatic heterocycles. The number of hydrogen-bond acceptors (Lipinski definition) is 8. The Balaban J connectivity index is 1.68. The predicted octanol–water partition coefficient (Wildman–Crippen LogP) is 1.36. The lowest BCUT2D eigenvalue weighted by atomic mass is 10.0. The van der Waals surface area contributed by atoms with Crippen molar-refractivity contribution in [3.05, 3.63) is 47.5 Å². The second-order valence-corrected chi connectivity index (χ2v) is 14.2. The van der Waals surface area contributed by atoms with Crippen LogP contribution in [-0.2, 0) is 44.7 Å². The van der Waals surface area contributed by atoms with Crippen molar-refractivity contribution in [2.45, 2.75) is 109 Å². The standard InChI is InChI=1S/C37H50F2N6O8/c1-6-7-8-9-12-31(46)41-27(17-24-15-25(38)18-26(39)16-24)33(48)42-28-20-53-37(52)30-14-21(2)19-45(30)34(49)22(3)40-32(47)23(4)43(5)36(51)29-11-10-13-44(29)35(28)50/h9,12,15-16,18,21-23,27-30H,6-8,10-11,13-14,17,19-20H2,1-5H3,(H,40,47)(H,41,46)(H,42,48)/b12-9+/t21-,22+,23+,27+,28+,29+,30+/m1/s1. The first kappa shape index (κ1) is 40.9. The second kappa shape index (κ2) is 18.2. The van der Waals surface area contributed by atoms with Crippen molar-refractivity contribution in [1.29, 1.82) is 0 Å². The van der Waals surface area contributed by atoms with Crippen LogP contribution in [0.15, 0.2) is 30.4 Å². The van der Waals surface area contributed by atoms with Gasteiger partial charge in [-0.25, -0.2) is 13.6 Å². The van der Waals surface area contributed by atoms with E-state index in [0.29, 0.717) is 18.9 Å². The number of cyclic esters (lactones) is 1. The molecular formula is C37H50F2N6O8. The normalized spacial score (nSPS) is 26.6. The first-order valence-corrected chi connectivity index (χ1v) is 18.2. The highest BCUT2D eigenvalue weighted by Gasteiger charge is 2.44. The Labute approximate surface area is 308 Å². The van der Waals surface area contributed by atoms with Crippen molar-refractivity contribution < 1.29 is 47.1 Å². The summed E-state index contributed by atoms with van der Waals surface area (Å²) >= 11 is 0. The third-order valence-corrected chi connectivity index (χ3v) is 9.92. The molecule has 0 unspecified atom stereocenters. The lowest BCUT2D eigenvalue weighted by Gasteiger charge is -2.34. The number of benzene rings is 1. The highest BCUT2D eigenvalue weighted by atomic mass is 19.1. The number of carbonyl (C=O) groups excluding carboxylic acids is 7. The number of esters is 1. The average Bonchev–Trinajstić information content (AvgIpc) is 3.76. The van der Waals surface area contributed by atoms with Gasteiger partial charge in [-0.3, -0.25) is 28.8 Å². The van der Waals surface area contributed by atoms with E-state index < -0.39 is 95.9 Å². The maximum atomic E-state index is 14.2. The molecule has 7 atom stereocenters. The van der Waals surface area contributed by atoms with Crippen LogP contribution >= 0.6 is 0 Å². The Morgan fingerprint density at radius 3 is 2.38 bits per heavy atom. The number of nitrogens with one attached hydrogen (secondary N) is 3. The summed E-state index contributed by atoms with van der Waals surface area (Å²) in [5.41, 5.74) is 0.0504. The van der Waals surface area contributed by atoms with Gasteiger partial charge in [-0.2, -0.15) is 0 Å². The Hall–Kier alpha value is -4.89. The zero-order valence-corrected chi connectivity index (χ0v) is 30.9. The van der Waals surface area contributed by atoms with E-state index in [4.69, 9.17) is 4.74 Å². The van der Waals surface area contributed by atoms with Gasteiger partial charge >= 0.3 is 5.97 Å². The van der Waals surface area contributed by atoms with E-state index in [0.717, 1.165) is 25.0 Å². The predicted molar refractivity (Wildman–Crippen MR) is 187 cm³/mol. The molecule has 1 aromatic rings. The summed E-state index contributed by atoms with van der Waals surface area (Å²) in [6.45, 7) is 6.46. The molecule has 16 heteroatoms. The highest BCUT2D eigenvalue weighted by Crippen LogP contribution is 2.26. The summed E-state index contributed by atoms with van der Waals surface area (Å²) in [6.07, 6.45) is 5.76. The minimum atomic E-state index is -1.57. The zero-order valence-electron chi connectivity index (χ0n) is 30.9. The van der Waals surface area contributed by atoms with Crippen molar-refractivity contribution in [1.82, 2.24) is 30.7 Å². The van der Waals surface area contributed by atoms with Gasteiger partial charge in [0.25, 0.3) is 0 Å². The maximum absolute atomic E-state index is 14.2. The highest BCUT2D eigenvalue weighted by molar-refractivity contribution is 5.98. The second-order valence-electron chi connectivity index (χ2n) is 14.2. The average molecular weight is 745 g/mol. The van der Waals surface area contributed by atoms with Crippen molar-refractivity contribution in [3.63, 3.8) is 0 Å². The molecule has 1 aromatic carbocycles. The van der Waals surface area contributed by atoms with E-state index in [-0.39, 0.29) is 43.8 Å². The van der Waals surface area contributed by atoms with Crippen LogP contribution in [0.25, 0.3) is 0 Å².